The first-order valence-electron chi connectivity index (χ1n) is 2.99. The summed E-state index contributed by atoms with van der Waals surface area (Å²) < 4.78 is 0. The van der Waals surface area contributed by atoms with E-state index in [1.165, 1.54) is 12.1 Å². The molecule has 0 aliphatic heterocycles. The molecule has 0 amide bonds. The maximum Gasteiger partial charge on any atom is 0.290 e. The Morgan fingerprint density at radius 2 is 2.27 bits per heavy atom. The number of hydrogen-bond acceptors (Lipinski definition) is 3. The highest BCUT2D eigenvalue weighted by molar-refractivity contribution is 6.30. The van der Waals surface area contributed by atoms with Crippen molar-refractivity contribution >= 4 is 19.1 Å². The molecule has 11 heavy (non-hydrogen) atoms. The van der Waals surface area contributed by atoms with Crippen molar-refractivity contribution in [3.05, 3.63) is 27.9 Å². The van der Waals surface area contributed by atoms with Crippen LogP contribution in [0.25, 0.3) is 0 Å². The standard InChI is InChI=1S/C6H5BN2O2/c1-4-5(9(10)11)2-3-6(7)8-4/h2-3H,1H3. The van der Waals surface area contributed by atoms with Crippen LogP contribution in [0.1, 0.15) is 5.69 Å². The normalized spacial score (nSPS) is 9.55. The van der Waals surface area contributed by atoms with E-state index in [2.05, 4.69) is 4.98 Å². The van der Waals surface area contributed by atoms with Crippen molar-refractivity contribution in [1.82, 2.24) is 4.98 Å². The second-order valence-electron chi connectivity index (χ2n) is 2.10. The average molecular weight is 148 g/mol. The quantitative estimate of drug-likeness (QED) is 0.322. The van der Waals surface area contributed by atoms with Crippen LogP contribution in [0.2, 0.25) is 0 Å². The molecule has 0 atom stereocenters. The van der Waals surface area contributed by atoms with E-state index in [9.17, 15) is 10.1 Å². The first kappa shape index (κ1) is 7.72. The summed E-state index contributed by atoms with van der Waals surface area (Å²) in [5.41, 5.74) is 0.641. The molecule has 1 aromatic rings. The third-order valence-electron chi connectivity index (χ3n) is 1.28. The predicted octanol–water partition coefficient (Wildman–Crippen LogP) is 0.0920. The Morgan fingerprint density at radius 3 is 2.73 bits per heavy atom. The first-order chi connectivity index (χ1) is 5.11. The SMILES string of the molecule is [B]c1ccc([N+](=O)[O-])c(C)n1. The van der Waals surface area contributed by atoms with Crippen LogP contribution in [0.5, 0.6) is 0 Å². The lowest BCUT2D eigenvalue weighted by atomic mass is 10.0. The molecule has 4 nitrogen and oxygen atoms in total. The van der Waals surface area contributed by atoms with E-state index in [1.807, 2.05) is 0 Å². The lowest BCUT2D eigenvalue weighted by Crippen LogP contribution is -2.09. The van der Waals surface area contributed by atoms with Gasteiger partial charge in [-0.05, 0) is 18.6 Å². The molecule has 0 spiro atoms. The summed E-state index contributed by atoms with van der Waals surface area (Å²) in [6, 6.07) is 2.75. The summed E-state index contributed by atoms with van der Waals surface area (Å²) in [5, 5.41) is 10.3. The zero-order valence-corrected chi connectivity index (χ0v) is 5.94. The van der Waals surface area contributed by atoms with Crippen LogP contribution in [0.4, 0.5) is 5.69 Å². The highest BCUT2D eigenvalue weighted by Crippen LogP contribution is 2.11. The Morgan fingerprint density at radius 1 is 1.64 bits per heavy atom. The van der Waals surface area contributed by atoms with Gasteiger partial charge in [0.25, 0.3) is 5.69 Å². The Labute approximate surface area is 64.8 Å². The smallest absolute Gasteiger partial charge is 0.263 e. The van der Waals surface area contributed by atoms with Gasteiger partial charge in [0.05, 0.1) is 4.92 Å². The fourth-order valence-electron chi connectivity index (χ4n) is 0.766. The molecule has 5 heteroatoms. The summed E-state index contributed by atoms with van der Waals surface area (Å²) in [6.07, 6.45) is 0. The molecular formula is C6H5BN2O2. The number of rotatable bonds is 1. The molecular weight excluding hydrogens is 143 g/mol. The first-order valence-corrected chi connectivity index (χ1v) is 2.99. The van der Waals surface area contributed by atoms with Crippen LogP contribution in [0.3, 0.4) is 0 Å². The number of pyridine rings is 1. The van der Waals surface area contributed by atoms with Crippen LogP contribution in [0.15, 0.2) is 12.1 Å². The molecule has 0 aromatic carbocycles. The largest absolute Gasteiger partial charge is 0.290 e. The molecule has 0 aliphatic rings. The minimum atomic E-state index is -0.484. The summed E-state index contributed by atoms with van der Waals surface area (Å²) in [4.78, 5) is 13.5. The van der Waals surface area contributed by atoms with Gasteiger partial charge in [0.1, 0.15) is 13.5 Å². The molecule has 0 unspecified atom stereocenters. The van der Waals surface area contributed by atoms with Gasteiger partial charge in [0, 0.05) is 6.07 Å². The Bertz CT molecular complexity index is 301. The zero-order chi connectivity index (χ0) is 8.43. The van der Waals surface area contributed by atoms with Crippen LogP contribution < -0.4 is 5.59 Å². The van der Waals surface area contributed by atoms with Gasteiger partial charge in [-0.2, -0.15) is 0 Å². The van der Waals surface area contributed by atoms with Crippen molar-refractivity contribution in [1.29, 1.82) is 0 Å². The maximum atomic E-state index is 10.3. The molecule has 54 valence electrons. The van der Waals surface area contributed by atoms with Gasteiger partial charge >= 0.3 is 0 Å². The van der Waals surface area contributed by atoms with Crippen LogP contribution in [0, 0.1) is 17.0 Å². The van der Waals surface area contributed by atoms with E-state index in [-0.39, 0.29) is 5.69 Å². The molecule has 2 radical (unpaired) electrons. The highest BCUT2D eigenvalue weighted by atomic mass is 16.6. The fraction of sp³-hybridized carbons (Fsp3) is 0.167. The molecule has 0 N–H and O–H groups in total. The zero-order valence-electron chi connectivity index (χ0n) is 5.94. The van der Waals surface area contributed by atoms with Gasteiger partial charge in [0.2, 0.25) is 0 Å². The second-order valence-corrected chi connectivity index (χ2v) is 2.10. The lowest BCUT2D eigenvalue weighted by molar-refractivity contribution is -0.385. The van der Waals surface area contributed by atoms with Crippen LogP contribution >= 0.6 is 0 Å². The van der Waals surface area contributed by atoms with Gasteiger partial charge in [0.15, 0.2) is 0 Å². The molecule has 0 fully saturated rings. The number of aryl methyl sites for hydroxylation is 1. The van der Waals surface area contributed by atoms with Gasteiger partial charge in [-0.15, -0.1) is 0 Å². The highest BCUT2D eigenvalue weighted by Gasteiger charge is 2.09. The van der Waals surface area contributed by atoms with Gasteiger partial charge in [-0.3, -0.25) is 15.1 Å². The van der Waals surface area contributed by atoms with Crippen molar-refractivity contribution in [2.45, 2.75) is 6.92 Å². The molecule has 0 aliphatic carbocycles. The van der Waals surface area contributed by atoms with Gasteiger partial charge in [-0.1, -0.05) is 0 Å². The molecule has 0 saturated heterocycles. The molecule has 1 heterocycles. The molecule has 1 aromatic heterocycles. The Hall–Kier alpha value is -1.39. The predicted molar refractivity (Wildman–Crippen MR) is 41.0 cm³/mol. The van der Waals surface area contributed by atoms with E-state index < -0.39 is 4.92 Å². The topological polar surface area (TPSA) is 56.0 Å². The Balaban J connectivity index is 3.20. The number of aromatic nitrogens is 1. The summed E-state index contributed by atoms with van der Waals surface area (Å²) in [7, 11) is 5.29. The Kier molecular flexibility index (Phi) is 1.89. The van der Waals surface area contributed by atoms with Crippen molar-refractivity contribution in [2.24, 2.45) is 0 Å². The third-order valence-corrected chi connectivity index (χ3v) is 1.28. The lowest BCUT2D eigenvalue weighted by Gasteiger charge is -1.96. The van der Waals surface area contributed by atoms with Crippen LogP contribution in [-0.2, 0) is 0 Å². The van der Waals surface area contributed by atoms with E-state index in [0.717, 1.165) is 0 Å². The molecule has 0 bridgehead atoms. The van der Waals surface area contributed by atoms with E-state index >= 15 is 0 Å². The summed E-state index contributed by atoms with van der Waals surface area (Å²) in [6.45, 7) is 1.55. The number of nitro groups is 1. The van der Waals surface area contributed by atoms with Crippen molar-refractivity contribution in [3.63, 3.8) is 0 Å². The number of hydrogen-bond donors (Lipinski definition) is 0. The monoisotopic (exact) mass is 148 g/mol. The van der Waals surface area contributed by atoms with E-state index in [4.69, 9.17) is 7.85 Å². The fourth-order valence-corrected chi connectivity index (χ4v) is 0.766. The van der Waals surface area contributed by atoms with Gasteiger partial charge in [-0.25, -0.2) is 0 Å². The third kappa shape index (κ3) is 1.55. The van der Waals surface area contributed by atoms with Crippen LogP contribution in [-0.4, -0.2) is 17.8 Å². The van der Waals surface area contributed by atoms with Crippen molar-refractivity contribution in [3.8, 4) is 0 Å². The van der Waals surface area contributed by atoms with Gasteiger partial charge < -0.3 is 0 Å². The molecule has 1 rings (SSSR count). The van der Waals surface area contributed by atoms with Crippen molar-refractivity contribution < 1.29 is 4.92 Å². The number of nitrogens with zero attached hydrogens (tertiary/aromatic N) is 2. The minimum Gasteiger partial charge on any atom is -0.263 e. The summed E-state index contributed by atoms with van der Waals surface area (Å²) in [5.74, 6) is 0. The maximum absolute atomic E-state index is 10.3. The van der Waals surface area contributed by atoms with Crippen molar-refractivity contribution in [2.75, 3.05) is 0 Å². The van der Waals surface area contributed by atoms with E-state index in [1.54, 1.807) is 6.92 Å². The minimum absolute atomic E-state index is 0.000741. The molecule has 0 saturated carbocycles. The average Bonchev–Trinajstić information content (AvgIpc) is 1.85. The summed E-state index contributed by atoms with van der Waals surface area (Å²) >= 11 is 0. The van der Waals surface area contributed by atoms with E-state index in [0.29, 0.717) is 11.3 Å². The second kappa shape index (κ2) is 2.69.